The predicted molar refractivity (Wildman–Crippen MR) is 79.0 cm³/mol. The molecule has 0 saturated carbocycles. The molecule has 1 aromatic heterocycles. The van der Waals surface area contributed by atoms with E-state index in [1.807, 2.05) is 25.1 Å². The fourth-order valence-electron chi connectivity index (χ4n) is 1.97. The second-order valence-electron chi connectivity index (χ2n) is 4.49. The first kappa shape index (κ1) is 13.6. The largest absolute Gasteiger partial charge is 0.490 e. The molecule has 106 valence electrons. The third kappa shape index (κ3) is 3.02. The van der Waals surface area contributed by atoms with Gasteiger partial charge < -0.3 is 9.47 Å². The van der Waals surface area contributed by atoms with Crippen molar-refractivity contribution in [2.45, 2.75) is 24.0 Å². The van der Waals surface area contributed by atoms with Gasteiger partial charge in [-0.3, -0.25) is 4.21 Å². The number of fused-ring (bicyclic) bond motifs is 1. The zero-order valence-corrected chi connectivity index (χ0v) is 12.8. The first-order valence-corrected chi connectivity index (χ1v) is 8.55. The summed E-state index contributed by atoms with van der Waals surface area (Å²) >= 11 is 1.58. The minimum atomic E-state index is -1.09. The summed E-state index contributed by atoms with van der Waals surface area (Å²) in [5.74, 6) is 1.91. The molecule has 0 radical (unpaired) electrons. The molecule has 0 bridgehead atoms. The number of hydrogen-bond donors (Lipinski definition) is 0. The van der Waals surface area contributed by atoms with Crippen LogP contribution in [0.1, 0.15) is 16.3 Å². The zero-order valence-electron chi connectivity index (χ0n) is 11.1. The lowest BCUT2D eigenvalue weighted by Gasteiger charge is -2.08. The lowest BCUT2D eigenvalue weighted by molar-refractivity contribution is 0.297. The molecule has 4 nitrogen and oxygen atoms in total. The Balaban J connectivity index is 1.79. The minimum Gasteiger partial charge on any atom is -0.490 e. The second-order valence-corrected chi connectivity index (χ2v) is 7.26. The van der Waals surface area contributed by atoms with Gasteiger partial charge in [0.05, 0.1) is 34.8 Å². The van der Waals surface area contributed by atoms with Crippen LogP contribution in [0.3, 0.4) is 0 Å². The average Bonchev–Trinajstić information content (AvgIpc) is 2.72. The molecular weight excluding hydrogens is 294 g/mol. The van der Waals surface area contributed by atoms with Crippen molar-refractivity contribution in [2.75, 3.05) is 13.2 Å². The van der Waals surface area contributed by atoms with Crippen molar-refractivity contribution < 1.29 is 13.7 Å². The highest BCUT2D eigenvalue weighted by Gasteiger charge is 2.14. The van der Waals surface area contributed by atoms with Gasteiger partial charge in [-0.05, 0) is 19.1 Å². The van der Waals surface area contributed by atoms with Crippen LogP contribution in [0.15, 0.2) is 29.3 Å². The molecule has 0 amide bonds. The summed E-state index contributed by atoms with van der Waals surface area (Å²) in [6.07, 6.45) is 2.66. The molecule has 1 aromatic carbocycles. The van der Waals surface area contributed by atoms with E-state index >= 15 is 0 Å². The van der Waals surface area contributed by atoms with E-state index in [2.05, 4.69) is 4.98 Å². The van der Waals surface area contributed by atoms with Gasteiger partial charge in [-0.15, -0.1) is 11.3 Å². The summed E-state index contributed by atoms with van der Waals surface area (Å²) < 4.78 is 23.6. The fourth-order valence-corrected chi connectivity index (χ4v) is 4.07. The molecule has 2 aromatic rings. The number of ether oxygens (including phenoxy) is 2. The van der Waals surface area contributed by atoms with E-state index in [9.17, 15) is 4.21 Å². The van der Waals surface area contributed by atoms with Gasteiger partial charge in [0.1, 0.15) is 0 Å². The maximum atomic E-state index is 12.4. The Kier molecular flexibility index (Phi) is 4.03. The lowest BCUT2D eigenvalue weighted by Crippen LogP contribution is -1.98. The molecule has 1 atom stereocenters. The number of aromatic nitrogens is 1. The maximum absolute atomic E-state index is 12.4. The zero-order chi connectivity index (χ0) is 13.9. The van der Waals surface area contributed by atoms with E-state index in [1.165, 1.54) is 0 Å². The maximum Gasteiger partial charge on any atom is 0.162 e. The van der Waals surface area contributed by atoms with E-state index in [-0.39, 0.29) is 0 Å². The third-order valence-corrected chi connectivity index (χ3v) is 5.37. The molecule has 0 N–H and O–H groups in total. The van der Waals surface area contributed by atoms with Gasteiger partial charge in [0.2, 0.25) is 0 Å². The number of hydrogen-bond acceptors (Lipinski definition) is 5. The Morgan fingerprint density at radius 1 is 1.30 bits per heavy atom. The normalized spacial score (nSPS) is 15.7. The Hall–Kier alpha value is -1.40. The van der Waals surface area contributed by atoms with E-state index in [4.69, 9.17) is 9.47 Å². The number of nitrogens with zero attached hydrogens (tertiary/aromatic N) is 1. The van der Waals surface area contributed by atoms with Crippen LogP contribution >= 0.6 is 11.3 Å². The second kappa shape index (κ2) is 5.93. The van der Waals surface area contributed by atoms with Crippen LogP contribution in [0.25, 0.3) is 0 Å². The van der Waals surface area contributed by atoms with Crippen LogP contribution in [0, 0.1) is 6.92 Å². The molecule has 0 fully saturated rings. The molecule has 0 saturated heterocycles. The third-order valence-electron chi connectivity index (χ3n) is 2.92. The first-order valence-electron chi connectivity index (χ1n) is 6.42. The van der Waals surface area contributed by atoms with E-state index < -0.39 is 10.8 Å². The highest BCUT2D eigenvalue weighted by atomic mass is 32.2. The summed E-state index contributed by atoms with van der Waals surface area (Å²) in [6.45, 7) is 3.25. The van der Waals surface area contributed by atoms with Gasteiger partial charge in [-0.2, -0.15) is 0 Å². The highest BCUT2D eigenvalue weighted by Crippen LogP contribution is 2.32. The highest BCUT2D eigenvalue weighted by molar-refractivity contribution is 7.84. The number of rotatable bonds is 3. The molecule has 1 unspecified atom stereocenters. The molecule has 2 heterocycles. The van der Waals surface area contributed by atoms with Crippen LogP contribution < -0.4 is 9.47 Å². The molecule has 1 aliphatic rings. The Morgan fingerprint density at radius 2 is 2.10 bits per heavy atom. The average molecular weight is 309 g/mol. The van der Waals surface area contributed by atoms with Gasteiger partial charge in [0, 0.05) is 28.5 Å². The first-order chi connectivity index (χ1) is 9.72. The van der Waals surface area contributed by atoms with Crippen molar-refractivity contribution in [3.05, 3.63) is 34.3 Å². The summed E-state index contributed by atoms with van der Waals surface area (Å²) in [7, 11) is -1.09. The molecule has 20 heavy (non-hydrogen) atoms. The van der Waals surface area contributed by atoms with Crippen LogP contribution in [0.5, 0.6) is 11.5 Å². The standard InChI is InChI=1S/C14H15NO3S2/c1-10-15-8-11(19-10)9-20(16)12-3-4-13-14(7-12)18-6-2-5-17-13/h3-4,7-8H,2,5-6,9H2,1H3. The van der Waals surface area contributed by atoms with Gasteiger partial charge in [-0.25, -0.2) is 4.98 Å². The fraction of sp³-hybridized carbons (Fsp3) is 0.357. The van der Waals surface area contributed by atoms with E-state index in [1.54, 1.807) is 17.5 Å². The summed E-state index contributed by atoms with van der Waals surface area (Å²) in [5.41, 5.74) is 0. The van der Waals surface area contributed by atoms with Gasteiger partial charge in [0.25, 0.3) is 0 Å². The monoisotopic (exact) mass is 309 g/mol. The molecule has 1 aliphatic heterocycles. The molecule has 0 spiro atoms. The Morgan fingerprint density at radius 3 is 2.85 bits per heavy atom. The van der Waals surface area contributed by atoms with Crippen molar-refractivity contribution in [1.82, 2.24) is 4.98 Å². The van der Waals surface area contributed by atoms with Crippen molar-refractivity contribution >= 4 is 22.1 Å². The Labute approximate surface area is 124 Å². The Bertz CT molecular complexity index is 639. The van der Waals surface area contributed by atoms with Crippen molar-refractivity contribution in [3.8, 4) is 11.5 Å². The van der Waals surface area contributed by atoms with Crippen LogP contribution in [0.2, 0.25) is 0 Å². The minimum absolute atomic E-state index is 0.491. The predicted octanol–water partition coefficient (Wildman–Crippen LogP) is 2.92. The number of thiazole rings is 1. The van der Waals surface area contributed by atoms with Gasteiger partial charge >= 0.3 is 0 Å². The number of aryl methyl sites for hydroxylation is 1. The van der Waals surface area contributed by atoms with Crippen molar-refractivity contribution in [1.29, 1.82) is 0 Å². The molecule has 0 aliphatic carbocycles. The summed E-state index contributed by atoms with van der Waals surface area (Å²) in [4.78, 5) is 5.98. The van der Waals surface area contributed by atoms with Crippen LogP contribution in [-0.2, 0) is 16.6 Å². The molecule has 3 rings (SSSR count). The SMILES string of the molecule is Cc1ncc(CS(=O)c2ccc3c(c2)OCCCO3)s1. The summed E-state index contributed by atoms with van der Waals surface area (Å²) in [5, 5.41) is 0.996. The molecule has 6 heteroatoms. The van der Waals surface area contributed by atoms with E-state index in [0.29, 0.717) is 24.7 Å². The smallest absolute Gasteiger partial charge is 0.162 e. The number of benzene rings is 1. The van der Waals surface area contributed by atoms with Gasteiger partial charge in [-0.1, -0.05) is 0 Å². The van der Waals surface area contributed by atoms with Gasteiger partial charge in [0.15, 0.2) is 11.5 Å². The molecular formula is C14H15NO3S2. The quantitative estimate of drug-likeness (QED) is 0.874. The summed E-state index contributed by atoms with van der Waals surface area (Å²) in [6, 6.07) is 5.51. The van der Waals surface area contributed by atoms with E-state index in [0.717, 1.165) is 27.0 Å². The van der Waals surface area contributed by atoms with Crippen LogP contribution in [-0.4, -0.2) is 22.4 Å². The lowest BCUT2D eigenvalue weighted by atomic mass is 10.3. The van der Waals surface area contributed by atoms with Crippen molar-refractivity contribution in [3.63, 3.8) is 0 Å². The van der Waals surface area contributed by atoms with Crippen LogP contribution in [0.4, 0.5) is 0 Å². The van der Waals surface area contributed by atoms with Crippen molar-refractivity contribution in [2.24, 2.45) is 0 Å². The topological polar surface area (TPSA) is 48.4 Å².